The molecular formula is C15H17BrN2O2. The Morgan fingerprint density at radius 1 is 1.35 bits per heavy atom. The number of hydrogen-bond acceptors (Lipinski definition) is 2. The van der Waals surface area contributed by atoms with Crippen LogP contribution in [0.1, 0.15) is 30.7 Å². The van der Waals surface area contributed by atoms with Gasteiger partial charge in [0, 0.05) is 6.20 Å². The summed E-state index contributed by atoms with van der Waals surface area (Å²) in [6.07, 6.45) is 1.81. The SMILES string of the molecule is Cc1cccc(-n2cc(Br)c(C(C)(C)C(=O)O)n2)c1C. The number of carbonyl (C=O) groups is 1. The van der Waals surface area contributed by atoms with Gasteiger partial charge >= 0.3 is 5.97 Å². The molecule has 0 saturated heterocycles. The summed E-state index contributed by atoms with van der Waals surface area (Å²) < 4.78 is 2.43. The minimum atomic E-state index is -1.04. The van der Waals surface area contributed by atoms with Crippen molar-refractivity contribution in [2.45, 2.75) is 33.1 Å². The van der Waals surface area contributed by atoms with Gasteiger partial charge < -0.3 is 5.11 Å². The number of carboxylic acids is 1. The van der Waals surface area contributed by atoms with Crippen LogP contribution in [0.3, 0.4) is 0 Å². The van der Waals surface area contributed by atoms with Crippen LogP contribution in [0.4, 0.5) is 0 Å². The average Bonchev–Trinajstić information content (AvgIpc) is 2.75. The van der Waals surface area contributed by atoms with E-state index in [9.17, 15) is 9.90 Å². The number of aliphatic carboxylic acids is 1. The molecule has 4 nitrogen and oxygen atoms in total. The van der Waals surface area contributed by atoms with Crippen LogP contribution in [0, 0.1) is 13.8 Å². The van der Waals surface area contributed by atoms with Gasteiger partial charge in [-0.15, -0.1) is 0 Å². The Bertz CT molecular complexity index is 675. The zero-order chi connectivity index (χ0) is 15.1. The Labute approximate surface area is 126 Å². The molecule has 106 valence electrons. The molecule has 0 unspecified atom stereocenters. The van der Waals surface area contributed by atoms with E-state index in [1.54, 1.807) is 18.5 Å². The van der Waals surface area contributed by atoms with Crippen molar-refractivity contribution < 1.29 is 9.90 Å². The van der Waals surface area contributed by atoms with E-state index in [1.807, 2.05) is 38.2 Å². The number of halogens is 1. The van der Waals surface area contributed by atoms with Gasteiger partial charge in [-0.3, -0.25) is 4.79 Å². The van der Waals surface area contributed by atoms with E-state index >= 15 is 0 Å². The predicted octanol–water partition coefficient (Wildman–Crippen LogP) is 3.61. The minimum absolute atomic E-state index is 0.519. The third-order valence-corrected chi connectivity index (χ3v) is 4.20. The molecule has 5 heteroatoms. The van der Waals surface area contributed by atoms with Crippen LogP contribution in [0.25, 0.3) is 5.69 Å². The molecule has 2 aromatic rings. The summed E-state index contributed by atoms with van der Waals surface area (Å²) in [7, 11) is 0. The van der Waals surface area contributed by atoms with Crippen molar-refractivity contribution in [3.8, 4) is 5.69 Å². The highest BCUT2D eigenvalue weighted by Crippen LogP contribution is 2.30. The van der Waals surface area contributed by atoms with Crippen LogP contribution >= 0.6 is 15.9 Å². The number of aromatic nitrogens is 2. The zero-order valence-corrected chi connectivity index (χ0v) is 13.5. The van der Waals surface area contributed by atoms with E-state index in [2.05, 4.69) is 21.0 Å². The third kappa shape index (κ3) is 2.38. The lowest BCUT2D eigenvalue weighted by Crippen LogP contribution is -2.29. The Kier molecular flexibility index (Phi) is 3.73. The summed E-state index contributed by atoms with van der Waals surface area (Å²) in [6.45, 7) is 7.37. The fraction of sp³-hybridized carbons (Fsp3) is 0.333. The maximum Gasteiger partial charge on any atom is 0.315 e. The van der Waals surface area contributed by atoms with Crippen LogP contribution < -0.4 is 0 Å². The van der Waals surface area contributed by atoms with Crippen LogP contribution in [-0.2, 0) is 10.2 Å². The number of benzene rings is 1. The first kappa shape index (κ1) is 14.8. The van der Waals surface area contributed by atoms with Crippen molar-refractivity contribution in [3.63, 3.8) is 0 Å². The molecular weight excluding hydrogens is 320 g/mol. The second-order valence-electron chi connectivity index (χ2n) is 5.42. The van der Waals surface area contributed by atoms with Crippen LogP contribution in [0.5, 0.6) is 0 Å². The van der Waals surface area contributed by atoms with Gasteiger partial charge in [-0.1, -0.05) is 12.1 Å². The summed E-state index contributed by atoms with van der Waals surface area (Å²) in [5, 5.41) is 13.8. The molecule has 1 aromatic carbocycles. The predicted molar refractivity (Wildman–Crippen MR) is 81.4 cm³/mol. The third-order valence-electron chi connectivity index (χ3n) is 3.62. The van der Waals surface area contributed by atoms with Gasteiger partial charge in [0.25, 0.3) is 0 Å². The smallest absolute Gasteiger partial charge is 0.315 e. The number of hydrogen-bond donors (Lipinski definition) is 1. The molecule has 0 aliphatic rings. The Hall–Kier alpha value is -1.62. The average molecular weight is 337 g/mol. The van der Waals surface area contributed by atoms with Crippen molar-refractivity contribution >= 4 is 21.9 Å². The highest BCUT2D eigenvalue weighted by Gasteiger charge is 2.34. The normalized spacial score (nSPS) is 11.7. The van der Waals surface area contributed by atoms with Crippen molar-refractivity contribution in [1.82, 2.24) is 9.78 Å². The van der Waals surface area contributed by atoms with Gasteiger partial charge in [-0.05, 0) is 60.8 Å². The van der Waals surface area contributed by atoms with Crippen LogP contribution in [0.15, 0.2) is 28.9 Å². The van der Waals surface area contributed by atoms with Gasteiger partial charge in [0.15, 0.2) is 0 Å². The molecule has 0 saturated carbocycles. The molecule has 1 aromatic heterocycles. The standard InChI is InChI=1S/C15H17BrN2O2/c1-9-6-5-7-12(10(9)2)18-8-11(16)13(17-18)15(3,4)14(19)20/h5-8H,1-4H3,(H,19,20). The molecule has 0 atom stereocenters. The molecule has 20 heavy (non-hydrogen) atoms. The molecule has 1 N–H and O–H groups in total. The summed E-state index contributed by atoms with van der Waals surface area (Å²) in [5.41, 5.74) is 2.74. The summed E-state index contributed by atoms with van der Waals surface area (Å²) in [4.78, 5) is 11.4. The molecule has 0 amide bonds. The highest BCUT2D eigenvalue weighted by atomic mass is 79.9. The highest BCUT2D eigenvalue weighted by molar-refractivity contribution is 9.10. The Morgan fingerprint density at radius 3 is 2.60 bits per heavy atom. The van der Waals surface area contributed by atoms with E-state index in [0.29, 0.717) is 10.2 Å². The first-order chi connectivity index (χ1) is 9.25. The van der Waals surface area contributed by atoms with Crippen molar-refractivity contribution in [1.29, 1.82) is 0 Å². The number of rotatable bonds is 3. The molecule has 2 rings (SSSR count). The van der Waals surface area contributed by atoms with Crippen molar-refractivity contribution in [2.24, 2.45) is 0 Å². The lowest BCUT2D eigenvalue weighted by Gasteiger charge is -2.16. The van der Waals surface area contributed by atoms with E-state index in [0.717, 1.165) is 11.3 Å². The zero-order valence-electron chi connectivity index (χ0n) is 11.9. The first-order valence-electron chi connectivity index (χ1n) is 6.30. The Balaban J connectivity index is 2.57. The fourth-order valence-electron chi connectivity index (χ4n) is 1.98. The number of carboxylic acid groups (broad SMARTS) is 1. The van der Waals surface area contributed by atoms with Gasteiger partial charge in [0.2, 0.25) is 0 Å². The lowest BCUT2D eigenvalue weighted by atomic mass is 9.90. The maximum absolute atomic E-state index is 11.4. The minimum Gasteiger partial charge on any atom is -0.481 e. The molecule has 0 aliphatic carbocycles. The van der Waals surface area contributed by atoms with Gasteiger partial charge in [-0.25, -0.2) is 4.68 Å². The maximum atomic E-state index is 11.4. The first-order valence-corrected chi connectivity index (χ1v) is 7.10. The molecule has 1 heterocycles. The summed E-state index contributed by atoms with van der Waals surface area (Å²) in [6, 6.07) is 5.98. The molecule has 0 aliphatic heterocycles. The molecule has 0 bridgehead atoms. The largest absolute Gasteiger partial charge is 0.481 e. The number of nitrogens with zero attached hydrogens (tertiary/aromatic N) is 2. The van der Waals surface area contributed by atoms with E-state index < -0.39 is 11.4 Å². The van der Waals surface area contributed by atoms with E-state index in [-0.39, 0.29) is 0 Å². The second-order valence-corrected chi connectivity index (χ2v) is 6.27. The lowest BCUT2D eigenvalue weighted by molar-refractivity contribution is -0.142. The van der Waals surface area contributed by atoms with Gasteiger partial charge in [0.05, 0.1) is 15.9 Å². The fourth-order valence-corrected chi connectivity index (χ4v) is 2.75. The van der Waals surface area contributed by atoms with Crippen LogP contribution in [-0.4, -0.2) is 20.9 Å². The Morgan fingerprint density at radius 2 is 2.00 bits per heavy atom. The molecule has 0 radical (unpaired) electrons. The monoisotopic (exact) mass is 336 g/mol. The molecule has 0 fully saturated rings. The summed E-state index contributed by atoms with van der Waals surface area (Å²) in [5.74, 6) is -0.899. The second kappa shape index (κ2) is 5.05. The quantitative estimate of drug-likeness (QED) is 0.931. The summed E-state index contributed by atoms with van der Waals surface area (Å²) >= 11 is 3.41. The van der Waals surface area contributed by atoms with Crippen LogP contribution in [0.2, 0.25) is 0 Å². The topological polar surface area (TPSA) is 55.1 Å². The van der Waals surface area contributed by atoms with E-state index in [4.69, 9.17) is 0 Å². The van der Waals surface area contributed by atoms with Crippen molar-refractivity contribution in [3.05, 3.63) is 45.7 Å². The van der Waals surface area contributed by atoms with Crippen molar-refractivity contribution in [2.75, 3.05) is 0 Å². The van der Waals surface area contributed by atoms with Gasteiger partial charge in [-0.2, -0.15) is 5.10 Å². The molecule has 0 spiro atoms. The number of aryl methyl sites for hydroxylation is 1. The van der Waals surface area contributed by atoms with E-state index in [1.165, 1.54) is 5.56 Å². The van der Waals surface area contributed by atoms with Gasteiger partial charge in [0.1, 0.15) is 5.41 Å².